The lowest BCUT2D eigenvalue weighted by molar-refractivity contribution is 0.0649. The molecule has 0 unspecified atom stereocenters. The van der Waals surface area contributed by atoms with Crippen molar-refractivity contribution in [1.82, 2.24) is 4.90 Å². The molecule has 0 fully saturated rings. The van der Waals surface area contributed by atoms with Gasteiger partial charge in [-0.3, -0.25) is 14.5 Å². The Morgan fingerprint density at radius 1 is 0.833 bits per heavy atom. The van der Waals surface area contributed by atoms with E-state index in [4.69, 9.17) is 13.6 Å². The SMILES string of the molecule is O=C1c2ccccc2C(=O)N1CCCCOc1c2ccoc2cc2oc(=O)ccc12. The van der Waals surface area contributed by atoms with Crippen molar-refractivity contribution in [3.63, 3.8) is 0 Å². The molecule has 3 heterocycles. The van der Waals surface area contributed by atoms with E-state index in [1.165, 1.54) is 11.0 Å². The van der Waals surface area contributed by atoms with E-state index in [1.807, 2.05) is 0 Å². The number of rotatable bonds is 6. The summed E-state index contributed by atoms with van der Waals surface area (Å²) in [6.07, 6.45) is 2.80. The van der Waals surface area contributed by atoms with Gasteiger partial charge in [0.2, 0.25) is 0 Å². The summed E-state index contributed by atoms with van der Waals surface area (Å²) in [7, 11) is 0. The summed E-state index contributed by atoms with van der Waals surface area (Å²) in [6.45, 7) is 0.711. The van der Waals surface area contributed by atoms with Crippen molar-refractivity contribution < 1.29 is 23.2 Å². The van der Waals surface area contributed by atoms with Crippen molar-refractivity contribution in [3.05, 3.63) is 76.3 Å². The van der Waals surface area contributed by atoms with Gasteiger partial charge >= 0.3 is 5.63 Å². The van der Waals surface area contributed by atoms with Gasteiger partial charge in [-0.25, -0.2) is 4.79 Å². The summed E-state index contributed by atoms with van der Waals surface area (Å²) in [5.41, 5.74) is 1.43. The first kappa shape index (κ1) is 18.2. The summed E-state index contributed by atoms with van der Waals surface area (Å²) in [6, 6.07) is 13.3. The molecule has 7 heteroatoms. The smallest absolute Gasteiger partial charge is 0.336 e. The molecule has 1 aliphatic rings. The number of hydrogen-bond acceptors (Lipinski definition) is 6. The fraction of sp³-hybridized carbons (Fsp3) is 0.174. The lowest BCUT2D eigenvalue weighted by Crippen LogP contribution is -2.30. The summed E-state index contributed by atoms with van der Waals surface area (Å²) in [5.74, 6) is 0.0853. The number of fused-ring (bicyclic) bond motifs is 3. The van der Waals surface area contributed by atoms with Gasteiger partial charge in [-0.1, -0.05) is 12.1 Å². The number of carbonyl (C=O) groups is 2. The number of imide groups is 1. The van der Waals surface area contributed by atoms with Crippen LogP contribution in [0.2, 0.25) is 0 Å². The molecular formula is C23H17NO6. The van der Waals surface area contributed by atoms with Crippen LogP contribution in [0.1, 0.15) is 33.6 Å². The number of hydrogen-bond donors (Lipinski definition) is 0. The second-order valence-electron chi connectivity index (χ2n) is 7.07. The number of amides is 2. The van der Waals surface area contributed by atoms with E-state index < -0.39 is 5.63 Å². The minimum atomic E-state index is -0.444. The summed E-state index contributed by atoms with van der Waals surface area (Å²) in [5, 5.41) is 1.47. The largest absolute Gasteiger partial charge is 0.492 e. The highest BCUT2D eigenvalue weighted by molar-refractivity contribution is 6.21. The highest BCUT2D eigenvalue weighted by Gasteiger charge is 2.34. The maximum atomic E-state index is 12.4. The molecule has 30 heavy (non-hydrogen) atoms. The Bertz CT molecular complexity index is 1310. The number of benzene rings is 2. The fourth-order valence-electron chi connectivity index (χ4n) is 3.75. The van der Waals surface area contributed by atoms with Gasteiger partial charge in [0.1, 0.15) is 16.9 Å². The van der Waals surface area contributed by atoms with Gasteiger partial charge < -0.3 is 13.6 Å². The molecule has 4 aromatic rings. The molecule has 1 aliphatic heterocycles. The fourth-order valence-corrected chi connectivity index (χ4v) is 3.75. The minimum absolute atomic E-state index is 0.249. The molecule has 2 aromatic carbocycles. The Morgan fingerprint density at radius 2 is 1.57 bits per heavy atom. The molecule has 5 rings (SSSR count). The second-order valence-corrected chi connectivity index (χ2v) is 7.07. The Kier molecular flexibility index (Phi) is 4.35. The monoisotopic (exact) mass is 403 g/mol. The molecular weight excluding hydrogens is 386 g/mol. The van der Waals surface area contributed by atoms with E-state index in [0.29, 0.717) is 59.4 Å². The van der Waals surface area contributed by atoms with Crippen molar-refractivity contribution in [2.45, 2.75) is 12.8 Å². The van der Waals surface area contributed by atoms with Gasteiger partial charge in [0.05, 0.1) is 34.8 Å². The van der Waals surface area contributed by atoms with Crippen LogP contribution >= 0.6 is 0 Å². The van der Waals surface area contributed by atoms with E-state index in [-0.39, 0.29) is 11.8 Å². The number of nitrogens with zero attached hydrogens (tertiary/aromatic N) is 1. The van der Waals surface area contributed by atoms with E-state index >= 15 is 0 Å². The average molecular weight is 403 g/mol. The van der Waals surface area contributed by atoms with Crippen molar-refractivity contribution >= 4 is 33.8 Å². The third-order valence-corrected chi connectivity index (χ3v) is 5.21. The molecule has 0 saturated carbocycles. The number of carbonyl (C=O) groups excluding carboxylic acids is 2. The van der Waals surface area contributed by atoms with Crippen LogP contribution in [-0.2, 0) is 0 Å². The van der Waals surface area contributed by atoms with Crippen LogP contribution in [0.5, 0.6) is 5.75 Å². The lowest BCUT2D eigenvalue weighted by Gasteiger charge is -2.14. The molecule has 2 aromatic heterocycles. The predicted octanol–water partition coefficient (Wildman–Crippen LogP) is 3.99. The van der Waals surface area contributed by atoms with Crippen LogP contribution < -0.4 is 10.4 Å². The highest BCUT2D eigenvalue weighted by Crippen LogP contribution is 2.35. The molecule has 0 aliphatic carbocycles. The van der Waals surface area contributed by atoms with Crippen LogP contribution in [0.3, 0.4) is 0 Å². The molecule has 0 spiro atoms. The predicted molar refractivity (Wildman–Crippen MR) is 109 cm³/mol. The van der Waals surface area contributed by atoms with E-state index in [1.54, 1.807) is 48.7 Å². The van der Waals surface area contributed by atoms with Gasteiger partial charge in [-0.2, -0.15) is 0 Å². The Labute approximate surface area is 170 Å². The van der Waals surface area contributed by atoms with Crippen LogP contribution in [0.25, 0.3) is 21.9 Å². The normalized spacial score (nSPS) is 13.4. The van der Waals surface area contributed by atoms with Gasteiger partial charge in [-0.05, 0) is 37.1 Å². The van der Waals surface area contributed by atoms with E-state index in [2.05, 4.69) is 0 Å². The number of ether oxygens (including phenoxy) is 1. The number of furan rings is 1. The summed E-state index contributed by atoms with van der Waals surface area (Å²) in [4.78, 5) is 37.6. The van der Waals surface area contributed by atoms with Crippen molar-refractivity contribution in [2.24, 2.45) is 0 Å². The highest BCUT2D eigenvalue weighted by atomic mass is 16.5. The van der Waals surface area contributed by atoms with Crippen LogP contribution in [0, 0.1) is 0 Å². The summed E-state index contributed by atoms with van der Waals surface area (Å²) < 4.78 is 16.7. The van der Waals surface area contributed by atoms with Crippen LogP contribution in [0.15, 0.2) is 68.4 Å². The second kappa shape index (κ2) is 7.18. The molecule has 150 valence electrons. The van der Waals surface area contributed by atoms with Crippen molar-refractivity contribution in [1.29, 1.82) is 0 Å². The standard InChI is InChI=1S/C23H17NO6/c25-20-8-7-16-19(30-20)13-18-17(9-12-28-18)21(16)29-11-4-3-10-24-22(26)14-5-1-2-6-15(14)23(24)27/h1-2,5-9,12-13H,3-4,10-11H2. The molecule has 0 atom stereocenters. The molecule has 0 radical (unpaired) electrons. The van der Waals surface area contributed by atoms with Gasteiger partial charge in [0, 0.05) is 18.7 Å². The summed E-state index contributed by atoms with van der Waals surface area (Å²) >= 11 is 0. The Morgan fingerprint density at radius 3 is 2.33 bits per heavy atom. The molecule has 0 N–H and O–H groups in total. The van der Waals surface area contributed by atoms with E-state index in [0.717, 1.165) is 5.39 Å². The topological polar surface area (TPSA) is 90.0 Å². The van der Waals surface area contributed by atoms with Gasteiger partial charge in [0.15, 0.2) is 0 Å². The lowest BCUT2D eigenvalue weighted by atomic mass is 10.1. The maximum absolute atomic E-state index is 12.4. The Balaban J connectivity index is 1.26. The quantitative estimate of drug-likeness (QED) is 0.275. The zero-order chi connectivity index (χ0) is 20.7. The van der Waals surface area contributed by atoms with Crippen LogP contribution in [-0.4, -0.2) is 29.9 Å². The molecule has 2 amide bonds. The number of unbranched alkanes of at least 4 members (excludes halogenated alkanes) is 1. The molecule has 0 bridgehead atoms. The van der Waals surface area contributed by atoms with E-state index in [9.17, 15) is 14.4 Å². The first-order valence-corrected chi connectivity index (χ1v) is 9.65. The average Bonchev–Trinajstić information content (AvgIpc) is 3.31. The van der Waals surface area contributed by atoms with Gasteiger partial charge in [0.25, 0.3) is 11.8 Å². The van der Waals surface area contributed by atoms with Crippen molar-refractivity contribution in [3.8, 4) is 5.75 Å². The maximum Gasteiger partial charge on any atom is 0.336 e. The third kappa shape index (κ3) is 2.95. The first-order chi connectivity index (χ1) is 14.6. The van der Waals surface area contributed by atoms with Gasteiger partial charge in [-0.15, -0.1) is 0 Å². The first-order valence-electron chi connectivity index (χ1n) is 9.65. The molecule has 0 saturated heterocycles. The molecule has 7 nitrogen and oxygen atoms in total. The third-order valence-electron chi connectivity index (χ3n) is 5.21. The minimum Gasteiger partial charge on any atom is -0.492 e. The zero-order valence-electron chi connectivity index (χ0n) is 15.9. The zero-order valence-corrected chi connectivity index (χ0v) is 15.9. The van der Waals surface area contributed by atoms with Crippen LogP contribution in [0.4, 0.5) is 0 Å². The Hall–Kier alpha value is -3.87. The van der Waals surface area contributed by atoms with Crippen molar-refractivity contribution in [2.75, 3.05) is 13.2 Å².